The van der Waals surface area contributed by atoms with E-state index in [0.717, 1.165) is 5.69 Å². The normalized spacial score (nSPS) is 13.0. The van der Waals surface area contributed by atoms with Crippen LogP contribution in [0.15, 0.2) is 12.1 Å². The van der Waals surface area contributed by atoms with Gasteiger partial charge in [0.2, 0.25) is 6.79 Å². The Hall–Kier alpha value is -1.19. The van der Waals surface area contributed by atoms with E-state index in [1.54, 1.807) is 6.07 Å². The van der Waals surface area contributed by atoms with Gasteiger partial charge in [-0.15, -0.1) is 0 Å². The van der Waals surface area contributed by atoms with E-state index in [1.807, 2.05) is 6.07 Å². The van der Waals surface area contributed by atoms with Crippen LogP contribution in [0.4, 0.5) is 11.4 Å². The Morgan fingerprint density at radius 3 is 2.85 bits per heavy atom. The number of anilines is 2. The molecular weight excluding hydrogens is 189 g/mol. The first-order valence-corrected chi connectivity index (χ1v) is 4.30. The number of hydrogen-bond acceptors (Lipinski definition) is 5. The third-order valence-corrected chi connectivity index (χ3v) is 1.90. The smallest absolute Gasteiger partial charge is 0.231 e. The summed E-state index contributed by atoms with van der Waals surface area (Å²) in [5.74, 6) is 1.25. The number of nitrogen functional groups attached to an aromatic ring is 1. The lowest BCUT2D eigenvalue weighted by Gasteiger charge is -2.08. The molecule has 0 radical (unpaired) electrons. The molecule has 1 atom stereocenters. The van der Waals surface area contributed by atoms with Crippen molar-refractivity contribution < 1.29 is 9.47 Å². The molecule has 0 fully saturated rings. The fourth-order valence-electron chi connectivity index (χ4n) is 1.19. The minimum atomic E-state index is 0.217. The van der Waals surface area contributed by atoms with Gasteiger partial charge in [0.15, 0.2) is 11.5 Å². The summed E-state index contributed by atoms with van der Waals surface area (Å²) in [6, 6.07) is 3.58. The third-order valence-electron chi connectivity index (χ3n) is 1.76. The molecule has 1 heterocycles. The van der Waals surface area contributed by atoms with Crippen LogP contribution in [-0.4, -0.2) is 6.79 Å². The first kappa shape index (κ1) is 8.41. The van der Waals surface area contributed by atoms with Crippen molar-refractivity contribution in [2.75, 3.05) is 18.0 Å². The molecule has 70 valence electrons. The van der Waals surface area contributed by atoms with Crippen molar-refractivity contribution >= 4 is 20.8 Å². The summed E-state index contributed by atoms with van der Waals surface area (Å²) >= 11 is 0. The summed E-state index contributed by atoms with van der Waals surface area (Å²) in [5.41, 5.74) is 9.95. The first-order valence-electron chi connectivity index (χ1n) is 3.72. The second-order valence-electron chi connectivity index (χ2n) is 2.54. The van der Waals surface area contributed by atoms with E-state index in [-0.39, 0.29) is 6.79 Å². The van der Waals surface area contributed by atoms with E-state index < -0.39 is 0 Å². The van der Waals surface area contributed by atoms with Gasteiger partial charge in [0.25, 0.3) is 0 Å². The van der Waals surface area contributed by atoms with Crippen LogP contribution in [0.5, 0.6) is 11.5 Å². The number of rotatable bonds is 2. The minimum absolute atomic E-state index is 0.217. The summed E-state index contributed by atoms with van der Waals surface area (Å²) in [5, 5.41) is 2.72. The van der Waals surface area contributed by atoms with Crippen LogP contribution in [0.25, 0.3) is 0 Å². The van der Waals surface area contributed by atoms with E-state index in [0.29, 0.717) is 17.2 Å². The topological polar surface area (TPSA) is 68.5 Å². The molecule has 13 heavy (non-hydrogen) atoms. The number of hydrazine groups is 1. The molecule has 6 heteroatoms. The van der Waals surface area contributed by atoms with Crippen LogP contribution >= 0.6 is 9.39 Å². The predicted molar refractivity (Wildman–Crippen MR) is 53.4 cm³/mol. The predicted octanol–water partition coefficient (Wildman–Crippen LogP) is 0.704. The van der Waals surface area contributed by atoms with Gasteiger partial charge in [0.05, 0.1) is 11.4 Å². The van der Waals surface area contributed by atoms with Gasteiger partial charge in [-0.3, -0.25) is 0 Å². The van der Waals surface area contributed by atoms with E-state index in [1.165, 1.54) is 0 Å². The Kier molecular flexibility index (Phi) is 2.12. The van der Waals surface area contributed by atoms with Gasteiger partial charge in [-0.25, -0.2) is 5.20 Å². The van der Waals surface area contributed by atoms with Crippen LogP contribution in [0, 0.1) is 0 Å². The number of ether oxygens (including phenoxy) is 2. The first-order chi connectivity index (χ1) is 6.33. The van der Waals surface area contributed by atoms with E-state index in [4.69, 9.17) is 15.2 Å². The average Bonchev–Trinajstić information content (AvgIpc) is 2.59. The van der Waals surface area contributed by atoms with Gasteiger partial charge in [0, 0.05) is 0 Å². The molecule has 1 aliphatic heterocycles. The molecule has 0 saturated carbocycles. The Labute approximate surface area is 77.8 Å². The van der Waals surface area contributed by atoms with Gasteiger partial charge in [-0.1, -0.05) is 0 Å². The Morgan fingerprint density at radius 1 is 1.31 bits per heavy atom. The molecule has 5 nitrogen and oxygen atoms in total. The summed E-state index contributed by atoms with van der Waals surface area (Å²) < 4.78 is 10.4. The summed E-state index contributed by atoms with van der Waals surface area (Å²) in [4.78, 5) is 0. The molecule has 0 saturated heterocycles. The van der Waals surface area contributed by atoms with Crippen molar-refractivity contribution in [2.24, 2.45) is 0 Å². The molecule has 0 spiro atoms. The number of benzene rings is 1. The zero-order chi connectivity index (χ0) is 9.26. The van der Waals surface area contributed by atoms with Crippen molar-refractivity contribution in [3.8, 4) is 11.5 Å². The maximum absolute atomic E-state index is 5.68. The fourth-order valence-corrected chi connectivity index (χ4v) is 1.35. The second kappa shape index (κ2) is 3.28. The standard InChI is InChI=1S/C7H10N3O2P/c8-4-1-2-5(9-10-13)7-6(4)11-3-12-7/h1-2,9-10H,3,8,13H2. The zero-order valence-electron chi connectivity index (χ0n) is 6.83. The lowest BCUT2D eigenvalue weighted by atomic mass is 10.2. The molecule has 4 N–H and O–H groups in total. The monoisotopic (exact) mass is 199 g/mol. The van der Waals surface area contributed by atoms with Gasteiger partial charge in [-0.05, 0) is 21.5 Å². The Morgan fingerprint density at radius 2 is 2.08 bits per heavy atom. The molecule has 0 aliphatic carbocycles. The molecule has 1 aromatic carbocycles. The van der Waals surface area contributed by atoms with Gasteiger partial charge >= 0.3 is 0 Å². The summed E-state index contributed by atoms with van der Waals surface area (Å²) in [6.07, 6.45) is 0. The van der Waals surface area contributed by atoms with Crippen LogP contribution in [0.2, 0.25) is 0 Å². The van der Waals surface area contributed by atoms with Crippen molar-refractivity contribution in [1.29, 1.82) is 0 Å². The highest BCUT2D eigenvalue weighted by Gasteiger charge is 2.20. The molecular formula is C7H10N3O2P. The fraction of sp³-hybridized carbons (Fsp3) is 0.143. The van der Waals surface area contributed by atoms with E-state index in [9.17, 15) is 0 Å². The number of fused-ring (bicyclic) bond motifs is 1. The molecule has 0 bridgehead atoms. The lowest BCUT2D eigenvalue weighted by molar-refractivity contribution is 0.174. The van der Waals surface area contributed by atoms with Gasteiger partial charge in [-0.2, -0.15) is 0 Å². The molecule has 2 rings (SSSR count). The average molecular weight is 199 g/mol. The largest absolute Gasteiger partial charge is 0.451 e. The maximum atomic E-state index is 5.68. The highest BCUT2D eigenvalue weighted by atomic mass is 31.0. The Balaban J connectivity index is 2.43. The number of hydrogen-bond donors (Lipinski definition) is 3. The van der Waals surface area contributed by atoms with E-state index >= 15 is 0 Å². The molecule has 1 unspecified atom stereocenters. The molecule has 0 aromatic heterocycles. The van der Waals surface area contributed by atoms with Gasteiger partial charge in [0.1, 0.15) is 0 Å². The van der Waals surface area contributed by atoms with E-state index in [2.05, 4.69) is 20.0 Å². The quantitative estimate of drug-likeness (QED) is 0.371. The number of nitrogens with two attached hydrogens (primary N) is 1. The zero-order valence-corrected chi connectivity index (χ0v) is 7.99. The Bertz CT molecular complexity index is 332. The SMILES string of the molecule is Nc1ccc(NNP)c2c1OCO2. The second-order valence-corrected chi connectivity index (χ2v) is 2.83. The molecule has 1 aromatic rings. The van der Waals surface area contributed by atoms with Crippen molar-refractivity contribution in [2.45, 2.75) is 0 Å². The maximum Gasteiger partial charge on any atom is 0.231 e. The number of nitrogens with one attached hydrogen (secondary N) is 2. The highest BCUT2D eigenvalue weighted by Crippen LogP contribution is 2.43. The van der Waals surface area contributed by atoms with Crippen LogP contribution in [-0.2, 0) is 0 Å². The third kappa shape index (κ3) is 1.36. The molecule has 1 aliphatic rings. The van der Waals surface area contributed by atoms with Crippen molar-refractivity contribution in [3.63, 3.8) is 0 Å². The highest BCUT2D eigenvalue weighted by molar-refractivity contribution is 7.13. The van der Waals surface area contributed by atoms with Crippen LogP contribution in [0.3, 0.4) is 0 Å². The molecule has 0 amide bonds. The summed E-state index contributed by atoms with van der Waals surface area (Å²) in [7, 11) is 2.33. The van der Waals surface area contributed by atoms with Gasteiger partial charge < -0.3 is 20.6 Å². The van der Waals surface area contributed by atoms with Crippen LogP contribution in [0.1, 0.15) is 0 Å². The summed E-state index contributed by atoms with van der Waals surface area (Å²) in [6.45, 7) is 0.217. The van der Waals surface area contributed by atoms with Crippen molar-refractivity contribution in [1.82, 2.24) is 5.20 Å². The minimum Gasteiger partial charge on any atom is -0.451 e. The van der Waals surface area contributed by atoms with Crippen molar-refractivity contribution in [3.05, 3.63) is 12.1 Å². The van der Waals surface area contributed by atoms with Crippen LogP contribution < -0.4 is 25.8 Å². The lowest BCUT2D eigenvalue weighted by Crippen LogP contribution is -2.08.